The Kier molecular flexibility index (Phi) is 8.90. The van der Waals surface area contributed by atoms with Crippen LogP contribution in [0.5, 0.6) is 0 Å². The predicted molar refractivity (Wildman–Crippen MR) is 135 cm³/mol. The molecule has 0 bridgehead atoms. The molecule has 3 N–H and O–H groups in total. The molecule has 0 saturated heterocycles. The van der Waals surface area contributed by atoms with E-state index in [1.807, 2.05) is 45.0 Å². The molecule has 7 heteroatoms. The van der Waals surface area contributed by atoms with E-state index in [1.165, 1.54) is 11.1 Å². The molecule has 1 unspecified atom stereocenters. The van der Waals surface area contributed by atoms with Gasteiger partial charge in [-0.1, -0.05) is 69.3 Å². The lowest BCUT2D eigenvalue weighted by molar-refractivity contribution is -0.137. The summed E-state index contributed by atoms with van der Waals surface area (Å²) >= 11 is 0. The largest absolute Gasteiger partial charge is 0.481 e. The standard InChI is InChI=1S/C28H36N2O5/c1-19(16-25(31)29-15-14-28(2,3)13-12-26(32)33)17-30-27(34)35-18-24-22-10-6-4-8-20(22)21-9-5-7-11-23(21)24/h4-11,19,24H,12-18H2,1-3H3,(H,29,31)(H,30,34)(H,32,33). The Morgan fingerprint density at radius 2 is 1.57 bits per heavy atom. The van der Waals surface area contributed by atoms with Gasteiger partial charge in [-0.3, -0.25) is 9.59 Å². The summed E-state index contributed by atoms with van der Waals surface area (Å²) < 4.78 is 5.54. The molecule has 0 heterocycles. The SMILES string of the molecule is CC(CNC(=O)OCC1c2ccccc2-c2ccccc21)CC(=O)NCCC(C)(C)CCC(=O)O. The number of carboxylic acid groups (broad SMARTS) is 1. The van der Waals surface area contributed by atoms with Gasteiger partial charge in [0.2, 0.25) is 5.91 Å². The topological polar surface area (TPSA) is 105 Å². The number of hydrogen-bond donors (Lipinski definition) is 3. The van der Waals surface area contributed by atoms with Gasteiger partial charge in [-0.05, 0) is 46.4 Å². The number of ether oxygens (including phenoxy) is 1. The molecule has 0 fully saturated rings. The molecule has 2 aromatic carbocycles. The van der Waals surface area contributed by atoms with Crippen LogP contribution in [0.25, 0.3) is 11.1 Å². The summed E-state index contributed by atoms with van der Waals surface area (Å²) in [6.45, 7) is 7.00. The first kappa shape index (κ1) is 26.3. The number of carbonyl (C=O) groups excluding carboxylic acids is 2. The second-order valence-corrected chi connectivity index (χ2v) is 10.2. The van der Waals surface area contributed by atoms with E-state index in [-0.39, 0.29) is 36.2 Å². The van der Waals surface area contributed by atoms with Crippen LogP contribution in [0.4, 0.5) is 4.79 Å². The second kappa shape index (κ2) is 11.9. The van der Waals surface area contributed by atoms with Crippen molar-refractivity contribution in [3.63, 3.8) is 0 Å². The Morgan fingerprint density at radius 3 is 2.17 bits per heavy atom. The maximum absolute atomic E-state index is 12.3. The summed E-state index contributed by atoms with van der Waals surface area (Å²) in [6.07, 6.45) is 1.20. The number of benzene rings is 2. The third kappa shape index (κ3) is 7.57. The van der Waals surface area contributed by atoms with Gasteiger partial charge in [0.1, 0.15) is 6.61 Å². The van der Waals surface area contributed by atoms with Gasteiger partial charge in [-0.2, -0.15) is 0 Å². The van der Waals surface area contributed by atoms with Crippen LogP contribution < -0.4 is 10.6 Å². The van der Waals surface area contributed by atoms with E-state index < -0.39 is 12.1 Å². The minimum absolute atomic E-state index is 0.0103. The van der Waals surface area contributed by atoms with Gasteiger partial charge in [0.25, 0.3) is 0 Å². The lowest BCUT2D eigenvalue weighted by Crippen LogP contribution is -2.34. The predicted octanol–water partition coefficient (Wildman–Crippen LogP) is 4.95. The van der Waals surface area contributed by atoms with Crippen LogP contribution in [0.15, 0.2) is 48.5 Å². The molecule has 1 atom stereocenters. The van der Waals surface area contributed by atoms with E-state index >= 15 is 0 Å². The highest BCUT2D eigenvalue weighted by Crippen LogP contribution is 2.44. The number of carboxylic acids is 1. The third-order valence-corrected chi connectivity index (χ3v) is 6.61. The van der Waals surface area contributed by atoms with Crippen LogP contribution in [0, 0.1) is 11.3 Å². The van der Waals surface area contributed by atoms with Crippen molar-refractivity contribution in [3.05, 3.63) is 59.7 Å². The zero-order chi connectivity index (χ0) is 25.4. The lowest BCUT2D eigenvalue weighted by Gasteiger charge is -2.24. The minimum Gasteiger partial charge on any atom is -0.481 e. The second-order valence-electron chi connectivity index (χ2n) is 10.2. The molecule has 1 aliphatic carbocycles. The molecule has 0 radical (unpaired) electrons. The first-order valence-electron chi connectivity index (χ1n) is 12.2. The fourth-order valence-electron chi connectivity index (χ4n) is 4.48. The molecule has 188 valence electrons. The zero-order valence-electron chi connectivity index (χ0n) is 20.8. The number of nitrogens with one attached hydrogen (secondary N) is 2. The Labute approximate surface area is 207 Å². The summed E-state index contributed by atoms with van der Waals surface area (Å²) in [7, 11) is 0. The van der Waals surface area contributed by atoms with E-state index in [1.54, 1.807) is 0 Å². The molecular weight excluding hydrogens is 444 g/mol. The van der Waals surface area contributed by atoms with Crippen LogP contribution >= 0.6 is 0 Å². The van der Waals surface area contributed by atoms with E-state index in [0.717, 1.165) is 11.1 Å². The summed E-state index contributed by atoms with van der Waals surface area (Å²) in [5, 5.41) is 14.5. The molecule has 0 aromatic heterocycles. The third-order valence-electron chi connectivity index (χ3n) is 6.61. The van der Waals surface area contributed by atoms with Gasteiger partial charge < -0.3 is 20.5 Å². The molecule has 7 nitrogen and oxygen atoms in total. The molecule has 0 saturated carbocycles. The van der Waals surface area contributed by atoms with Crippen LogP contribution in [0.1, 0.15) is 63.5 Å². The molecule has 2 aromatic rings. The average Bonchev–Trinajstić information content (AvgIpc) is 3.14. The normalized spacial score (nSPS) is 13.5. The summed E-state index contributed by atoms with van der Waals surface area (Å²) in [6, 6.07) is 16.4. The monoisotopic (exact) mass is 480 g/mol. The Balaban J connectivity index is 1.37. The minimum atomic E-state index is -0.806. The highest BCUT2D eigenvalue weighted by molar-refractivity contribution is 5.79. The van der Waals surface area contributed by atoms with E-state index in [9.17, 15) is 14.4 Å². The summed E-state index contributed by atoms with van der Waals surface area (Å²) in [4.78, 5) is 35.3. The quantitative estimate of drug-likeness (QED) is 0.399. The van der Waals surface area contributed by atoms with Crippen molar-refractivity contribution in [1.82, 2.24) is 10.6 Å². The van der Waals surface area contributed by atoms with Crippen molar-refractivity contribution < 1.29 is 24.2 Å². The first-order valence-corrected chi connectivity index (χ1v) is 12.2. The molecular formula is C28H36N2O5. The van der Waals surface area contributed by atoms with Crippen LogP contribution in [0.2, 0.25) is 0 Å². The van der Waals surface area contributed by atoms with Gasteiger partial charge in [-0.15, -0.1) is 0 Å². The van der Waals surface area contributed by atoms with Crippen molar-refractivity contribution in [1.29, 1.82) is 0 Å². The number of rotatable bonds is 12. The van der Waals surface area contributed by atoms with Crippen molar-refractivity contribution >= 4 is 18.0 Å². The van der Waals surface area contributed by atoms with Crippen molar-refractivity contribution in [2.24, 2.45) is 11.3 Å². The Morgan fingerprint density at radius 1 is 0.971 bits per heavy atom. The number of carbonyl (C=O) groups is 3. The lowest BCUT2D eigenvalue weighted by atomic mass is 9.84. The zero-order valence-corrected chi connectivity index (χ0v) is 20.8. The number of aliphatic carboxylic acids is 1. The van der Waals surface area contributed by atoms with Crippen LogP contribution in [-0.2, 0) is 14.3 Å². The molecule has 3 rings (SSSR count). The maximum atomic E-state index is 12.3. The number of amides is 2. The highest BCUT2D eigenvalue weighted by atomic mass is 16.5. The fraction of sp³-hybridized carbons (Fsp3) is 0.464. The molecule has 0 spiro atoms. The molecule has 1 aliphatic rings. The number of alkyl carbamates (subject to hydrolysis) is 1. The summed E-state index contributed by atoms with van der Waals surface area (Å²) in [5.41, 5.74) is 4.54. The maximum Gasteiger partial charge on any atom is 0.407 e. The first-order chi connectivity index (χ1) is 16.7. The average molecular weight is 481 g/mol. The Bertz CT molecular complexity index is 1000. The number of hydrogen-bond acceptors (Lipinski definition) is 4. The van der Waals surface area contributed by atoms with Crippen molar-refractivity contribution in [2.45, 2.75) is 52.4 Å². The smallest absolute Gasteiger partial charge is 0.407 e. The molecule has 35 heavy (non-hydrogen) atoms. The Hall–Kier alpha value is -3.35. The van der Waals surface area contributed by atoms with E-state index in [0.29, 0.717) is 32.4 Å². The van der Waals surface area contributed by atoms with E-state index in [2.05, 4.69) is 34.9 Å². The molecule has 0 aliphatic heterocycles. The van der Waals surface area contributed by atoms with Crippen LogP contribution in [0.3, 0.4) is 0 Å². The van der Waals surface area contributed by atoms with Crippen molar-refractivity contribution in [3.8, 4) is 11.1 Å². The van der Waals surface area contributed by atoms with Gasteiger partial charge in [0, 0.05) is 31.8 Å². The molecule has 2 amide bonds. The highest BCUT2D eigenvalue weighted by Gasteiger charge is 2.29. The summed E-state index contributed by atoms with van der Waals surface area (Å²) in [5.74, 6) is -0.924. The van der Waals surface area contributed by atoms with Gasteiger partial charge in [0.15, 0.2) is 0 Å². The van der Waals surface area contributed by atoms with Gasteiger partial charge >= 0.3 is 12.1 Å². The van der Waals surface area contributed by atoms with Gasteiger partial charge in [0.05, 0.1) is 0 Å². The van der Waals surface area contributed by atoms with Crippen molar-refractivity contribution in [2.75, 3.05) is 19.7 Å². The van der Waals surface area contributed by atoms with Gasteiger partial charge in [-0.25, -0.2) is 4.79 Å². The fourth-order valence-corrected chi connectivity index (χ4v) is 4.48. The number of fused-ring (bicyclic) bond motifs is 3. The van der Waals surface area contributed by atoms with Crippen LogP contribution in [-0.4, -0.2) is 42.8 Å². The van der Waals surface area contributed by atoms with E-state index in [4.69, 9.17) is 9.84 Å².